The second kappa shape index (κ2) is 9.01. The highest BCUT2D eigenvalue weighted by atomic mass is 79.9. The molecule has 0 saturated heterocycles. The van der Waals surface area contributed by atoms with E-state index in [1.54, 1.807) is 25.1 Å². The van der Waals surface area contributed by atoms with E-state index in [0.717, 1.165) is 5.56 Å². The molecule has 1 unspecified atom stereocenters. The molecule has 0 bridgehead atoms. The zero-order valence-electron chi connectivity index (χ0n) is 13.7. The minimum Gasteiger partial charge on any atom is -0.465 e. The van der Waals surface area contributed by atoms with Gasteiger partial charge in [0, 0.05) is 10.2 Å². The molecule has 1 atom stereocenters. The van der Waals surface area contributed by atoms with E-state index in [2.05, 4.69) is 26.0 Å². The van der Waals surface area contributed by atoms with Gasteiger partial charge >= 0.3 is 5.97 Å². The van der Waals surface area contributed by atoms with Gasteiger partial charge in [0.05, 0.1) is 23.6 Å². The summed E-state index contributed by atoms with van der Waals surface area (Å²) in [7, 11) is 1.33. The zero-order valence-corrected chi connectivity index (χ0v) is 16.1. The molecule has 4 nitrogen and oxygen atoms in total. The fourth-order valence-electron chi connectivity index (χ4n) is 1.98. The van der Waals surface area contributed by atoms with Crippen LogP contribution in [0.3, 0.4) is 0 Å². The summed E-state index contributed by atoms with van der Waals surface area (Å²) in [6.45, 7) is 1.76. The number of hydrogen-bond acceptors (Lipinski definition) is 4. The molecule has 0 fully saturated rings. The molecular formula is C18H17BrFNO3S. The lowest BCUT2D eigenvalue weighted by Crippen LogP contribution is -2.23. The predicted octanol–water partition coefficient (Wildman–Crippen LogP) is 4.64. The molecule has 7 heteroatoms. The van der Waals surface area contributed by atoms with E-state index in [1.807, 2.05) is 12.1 Å². The normalized spacial score (nSPS) is 11.7. The van der Waals surface area contributed by atoms with E-state index in [-0.39, 0.29) is 22.8 Å². The number of benzene rings is 2. The Labute approximate surface area is 158 Å². The minimum absolute atomic E-state index is 0.156. The van der Waals surface area contributed by atoms with Crippen molar-refractivity contribution in [3.8, 4) is 0 Å². The number of hydrogen-bond donors (Lipinski definition) is 1. The summed E-state index contributed by atoms with van der Waals surface area (Å²) in [5, 5.41) is 2.23. The first kappa shape index (κ1) is 19.5. The Morgan fingerprint density at radius 1 is 1.24 bits per heavy atom. The lowest BCUT2D eigenvalue weighted by Gasteiger charge is -2.13. The molecule has 0 aliphatic carbocycles. The number of thioether (sulfide) groups is 1. The van der Waals surface area contributed by atoms with Gasteiger partial charge in [-0.1, -0.05) is 28.1 Å². The molecule has 0 aliphatic rings. The summed E-state index contributed by atoms with van der Waals surface area (Å²) in [5.74, 6) is -0.544. The van der Waals surface area contributed by atoms with E-state index in [1.165, 1.54) is 31.0 Å². The first-order valence-corrected chi connectivity index (χ1v) is 9.29. The van der Waals surface area contributed by atoms with Gasteiger partial charge in [0.25, 0.3) is 0 Å². The van der Waals surface area contributed by atoms with Crippen LogP contribution in [0.1, 0.15) is 22.8 Å². The molecular weight excluding hydrogens is 409 g/mol. The largest absolute Gasteiger partial charge is 0.465 e. The Balaban J connectivity index is 1.89. The van der Waals surface area contributed by atoms with Crippen molar-refractivity contribution in [2.75, 3.05) is 12.4 Å². The fraction of sp³-hybridized carbons (Fsp3) is 0.222. The van der Waals surface area contributed by atoms with Crippen LogP contribution in [0.15, 0.2) is 46.9 Å². The van der Waals surface area contributed by atoms with Gasteiger partial charge in [-0.2, -0.15) is 0 Å². The standard InChI is InChI=1S/C18H17BrFNO3S/c1-11(17(22)21-16-8-7-14(19)9-15(16)20)25-10-12-3-5-13(6-4-12)18(23)24-2/h3-9,11H,10H2,1-2H3,(H,21,22). The van der Waals surface area contributed by atoms with E-state index in [9.17, 15) is 14.0 Å². The van der Waals surface area contributed by atoms with E-state index < -0.39 is 5.82 Å². The summed E-state index contributed by atoms with van der Waals surface area (Å²) in [6, 6.07) is 11.5. The number of nitrogens with one attached hydrogen (secondary N) is 1. The number of amides is 1. The molecule has 1 amide bonds. The van der Waals surface area contributed by atoms with Crippen LogP contribution < -0.4 is 5.32 Å². The van der Waals surface area contributed by atoms with Gasteiger partial charge in [-0.05, 0) is 42.8 Å². The maximum Gasteiger partial charge on any atom is 0.337 e. The number of methoxy groups -OCH3 is 1. The molecule has 2 rings (SSSR count). The van der Waals surface area contributed by atoms with Crippen molar-refractivity contribution < 1.29 is 18.7 Å². The van der Waals surface area contributed by atoms with Crippen molar-refractivity contribution >= 4 is 45.3 Å². The third-order valence-electron chi connectivity index (χ3n) is 3.43. The van der Waals surface area contributed by atoms with Crippen molar-refractivity contribution in [3.05, 3.63) is 63.9 Å². The molecule has 0 saturated carbocycles. The van der Waals surface area contributed by atoms with Crippen molar-refractivity contribution in [2.24, 2.45) is 0 Å². The van der Waals surface area contributed by atoms with Crippen LogP contribution in [-0.4, -0.2) is 24.2 Å². The summed E-state index contributed by atoms with van der Waals surface area (Å²) in [6.07, 6.45) is 0. The highest BCUT2D eigenvalue weighted by molar-refractivity contribution is 9.10. The molecule has 1 N–H and O–H groups in total. The molecule has 0 heterocycles. The molecule has 0 radical (unpaired) electrons. The summed E-state index contributed by atoms with van der Waals surface area (Å²) in [5.41, 5.74) is 1.61. The Kier molecular flexibility index (Phi) is 7.01. The second-order valence-corrected chi connectivity index (χ2v) is 7.50. The van der Waals surface area contributed by atoms with Crippen molar-refractivity contribution in [3.63, 3.8) is 0 Å². The maximum atomic E-state index is 13.8. The van der Waals surface area contributed by atoms with Crippen molar-refractivity contribution in [1.82, 2.24) is 0 Å². The number of carbonyl (C=O) groups excluding carboxylic acids is 2. The van der Waals surface area contributed by atoms with Crippen molar-refractivity contribution in [2.45, 2.75) is 17.9 Å². The monoisotopic (exact) mass is 425 g/mol. The fourth-order valence-corrected chi connectivity index (χ4v) is 3.16. The number of carbonyl (C=O) groups is 2. The number of esters is 1. The summed E-state index contributed by atoms with van der Waals surface area (Å²) >= 11 is 4.60. The Morgan fingerprint density at radius 2 is 1.92 bits per heavy atom. The highest BCUT2D eigenvalue weighted by Crippen LogP contribution is 2.22. The van der Waals surface area contributed by atoms with Gasteiger partial charge in [0.15, 0.2) is 0 Å². The van der Waals surface area contributed by atoms with Gasteiger partial charge in [-0.3, -0.25) is 4.79 Å². The number of anilines is 1. The first-order chi connectivity index (χ1) is 11.9. The summed E-state index contributed by atoms with van der Waals surface area (Å²) in [4.78, 5) is 23.6. The smallest absolute Gasteiger partial charge is 0.337 e. The van der Waals surface area contributed by atoms with Crippen LogP contribution in [-0.2, 0) is 15.3 Å². The number of ether oxygens (including phenoxy) is 1. The van der Waals surface area contributed by atoms with E-state index in [4.69, 9.17) is 0 Å². The number of halogens is 2. The Morgan fingerprint density at radius 3 is 2.52 bits per heavy atom. The van der Waals surface area contributed by atoms with E-state index in [0.29, 0.717) is 15.8 Å². The Bertz CT molecular complexity index is 767. The summed E-state index contributed by atoms with van der Waals surface area (Å²) < 4.78 is 19.0. The third kappa shape index (κ3) is 5.57. The molecule has 2 aromatic rings. The Hall–Kier alpha value is -1.86. The van der Waals surface area contributed by atoms with Crippen LogP contribution in [0, 0.1) is 5.82 Å². The van der Waals surface area contributed by atoms with Gasteiger partial charge in [-0.25, -0.2) is 9.18 Å². The predicted molar refractivity (Wildman–Crippen MR) is 101 cm³/mol. The molecule has 0 aliphatic heterocycles. The van der Waals surface area contributed by atoms with E-state index >= 15 is 0 Å². The van der Waals surface area contributed by atoms with Crippen LogP contribution in [0.5, 0.6) is 0 Å². The minimum atomic E-state index is -0.488. The van der Waals surface area contributed by atoms with Gasteiger partial charge in [0.2, 0.25) is 5.91 Å². The molecule has 25 heavy (non-hydrogen) atoms. The van der Waals surface area contributed by atoms with Crippen molar-refractivity contribution in [1.29, 1.82) is 0 Å². The zero-order chi connectivity index (χ0) is 18.4. The SMILES string of the molecule is COC(=O)c1ccc(CSC(C)C(=O)Nc2ccc(Br)cc2F)cc1. The lowest BCUT2D eigenvalue weighted by atomic mass is 10.1. The maximum absolute atomic E-state index is 13.8. The quantitative estimate of drug-likeness (QED) is 0.685. The highest BCUT2D eigenvalue weighted by Gasteiger charge is 2.15. The van der Waals surface area contributed by atoms with Crippen LogP contribution in [0.25, 0.3) is 0 Å². The lowest BCUT2D eigenvalue weighted by molar-refractivity contribution is -0.115. The van der Waals surface area contributed by atoms with Gasteiger partial charge < -0.3 is 10.1 Å². The van der Waals surface area contributed by atoms with Crippen LogP contribution >= 0.6 is 27.7 Å². The van der Waals surface area contributed by atoms with Gasteiger partial charge in [-0.15, -0.1) is 11.8 Å². The van der Waals surface area contributed by atoms with Gasteiger partial charge in [0.1, 0.15) is 5.82 Å². The number of rotatable bonds is 6. The average Bonchev–Trinajstić information content (AvgIpc) is 2.61. The van der Waals surface area contributed by atoms with Crippen LogP contribution in [0.2, 0.25) is 0 Å². The molecule has 2 aromatic carbocycles. The second-order valence-electron chi connectivity index (χ2n) is 5.26. The molecule has 0 spiro atoms. The van der Waals surface area contributed by atoms with Crippen LogP contribution in [0.4, 0.5) is 10.1 Å². The topological polar surface area (TPSA) is 55.4 Å². The molecule has 132 valence electrons. The molecule has 0 aromatic heterocycles. The average molecular weight is 426 g/mol. The first-order valence-electron chi connectivity index (χ1n) is 7.45. The third-order valence-corrected chi connectivity index (χ3v) is 5.14.